The summed E-state index contributed by atoms with van der Waals surface area (Å²) in [6.07, 6.45) is 0. The van der Waals surface area contributed by atoms with Crippen molar-refractivity contribution in [2.24, 2.45) is 0 Å². The predicted molar refractivity (Wildman–Crippen MR) is 116 cm³/mol. The zero-order valence-electron chi connectivity index (χ0n) is 16.8. The third-order valence-corrected chi connectivity index (χ3v) is 5.36. The van der Waals surface area contributed by atoms with Gasteiger partial charge in [0.25, 0.3) is 5.91 Å². The van der Waals surface area contributed by atoms with Gasteiger partial charge in [0, 0.05) is 26.2 Å². The van der Waals surface area contributed by atoms with Gasteiger partial charge in [0.05, 0.1) is 34.1 Å². The van der Waals surface area contributed by atoms with Gasteiger partial charge in [-0.15, -0.1) is 0 Å². The minimum Gasteiger partial charge on any atom is -0.462 e. The monoisotopic (exact) mass is 415 g/mol. The van der Waals surface area contributed by atoms with Crippen molar-refractivity contribution in [2.75, 3.05) is 49.5 Å². The first-order valence-corrected chi connectivity index (χ1v) is 10.3. The molecular formula is C22H26ClN3O3. The number of likely N-dealkylation sites (N-methyl/N-ethyl adjacent to an activating group) is 1. The van der Waals surface area contributed by atoms with E-state index >= 15 is 0 Å². The van der Waals surface area contributed by atoms with Gasteiger partial charge in [-0.1, -0.05) is 30.7 Å². The van der Waals surface area contributed by atoms with E-state index in [-0.39, 0.29) is 5.91 Å². The topological polar surface area (TPSA) is 61.9 Å². The van der Waals surface area contributed by atoms with Crippen LogP contribution in [0.5, 0.6) is 0 Å². The van der Waals surface area contributed by atoms with Crippen molar-refractivity contribution in [1.29, 1.82) is 0 Å². The zero-order valence-corrected chi connectivity index (χ0v) is 17.5. The molecule has 1 fully saturated rings. The summed E-state index contributed by atoms with van der Waals surface area (Å²) in [5.41, 5.74) is 2.24. The number of hydrogen-bond donors (Lipinski definition) is 1. The number of esters is 1. The van der Waals surface area contributed by atoms with Crippen LogP contribution in [0.15, 0.2) is 42.5 Å². The highest BCUT2D eigenvalue weighted by Crippen LogP contribution is 2.30. The highest BCUT2D eigenvalue weighted by molar-refractivity contribution is 6.34. The quantitative estimate of drug-likeness (QED) is 0.725. The lowest BCUT2D eigenvalue weighted by atomic mass is 10.1. The molecule has 1 aliphatic rings. The molecule has 3 rings (SSSR count). The first-order chi connectivity index (χ1) is 14.0. The van der Waals surface area contributed by atoms with Gasteiger partial charge in [-0.3, -0.25) is 4.79 Å². The number of carbonyl (C=O) groups is 2. The number of nitrogens with zero attached hydrogens (tertiary/aromatic N) is 2. The van der Waals surface area contributed by atoms with Gasteiger partial charge in [0.1, 0.15) is 0 Å². The highest BCUT2D eigenvalue weighted by Gasteiger charge is 2.21. The van der Waals surface area contributed by atoms with Gasteiger partial charge in [-0.05, 0) is 43.8 Å². The molecule has 0 bridgehead atoms. The molecule has 0 aliphatic carbocycles. The predicted octanol–water partition coefficient (Wildman–Crippen LogP) is 3.91. The molecule has 0 unspecified atom stereocenters. The van der Waals surface area contributed by atoms with Gasteiger partial charge in [-0.25, -0.2) is 4.79 Å². The van der Waals surface area contributed by atoms with Crippen molar-refractivity contribution in [3.8, 4) is 0 Å². The summed E-state index contributed by atoms with van der Waals surface area (Å²) in [6, 6.07) is 12.2. The van der Waals surface area contributed by atoms with Crippen LogP contribution in [0.2, 0.25) is 5.02 Å². The van der Waals surface area contributed by atoms with Gasteiger partial charge in [0.15, 0.2) is 0 Å². The van der Waals surface area contributed by atoms with E-state index in [4.69, 9.17) is 16.3 Å². The lowest BCUT2D eigenvalue weighted by Crippen LogP contribution is -2.46. The number of carbonyl (C=O) groups excluding carboxylic acids is 2. The maximum Gasteiger partial charge on any atom is 0.338 e. The molecule has 29 heavy (non-hydrogen) atoms. The second-order valence-electron chi connectivity index (χ2n) is 6.81. The van der Waals surface area contributed by atoms with E-state index in [2.05, 4.69) is 22.0 Å². The molecule has 0 spiro atoms. The van der Waals surface area contributed by atoms with Crippen LogP contribution < -0.4 is 10.2 Å². The molecule has 154 valence electrons. The molecule has 0 radical (unpaired) electrons. The number of nitrogens with one attached hydrogen (secondary N) is 1. The van der Waals surface area contributed by atoms with Crippen LogP contribution in [-0.2, 0) is 4.74 Å². The standard InChI is InChI=1S/C22H26ClN3O3/c1-3-25-11-13-26(14-12-25)20-10-9-16(22(28)29-4-2)15-19(20)24-21(27)17-7-5-6-8-18(17)23/h5-10,15H,3-4,11-14H2,1-2H3,(H,24,27). The molecule has 1 saturated heterocycles. The zero-order chi connectivity index (χ0) is 20.8. The molecule has 1 aliphatic heterocycles. The Bertz CT molecular complexity index is 879. The van der Waals surface area contributed by atoms with Gasteiger partial charge in [-0.2, -0.15) is 0 Å². The number of benzene rings is 2. The van der Waals surface area contributed by atoms with Crippen LogP contribution in [0.4, 0.5) is 11.4 Å². The van der Waals surface area contributed by atoms with Crippen LogP contribution in [0.3, 0.4) is 0 Å². The van der Waals surface area contributed by atoms with Gasteiger partial charge < -0.3 is 19.9 Å². The van der Waals surface area contributed by atoms with Crippen molar-refractivity contribution in [3.63, 3.8) is 0 Å². The first kappa shape index (κ1) is 21.1. The van der Waals surface area contributed by atoms with Crippen molar-refractivity contribution < 1.29 is 14.3 Å². The Labute approximate surface area is 176 Å². The Morgan fingerprint density at radius 1 is 1.07 bits per heavy atom. The number of halogens is 1. The van der Waals surface area contributed by atoms with E-state index in [1.807, 2.05) is 6.07 Å². The maximum absolute atomic E-state index is 12.8. The Balaban J connectivity index is 1.90. The molecule has 0 saturated carbocycles. The third-order valence-electron chi connectivity index (χ3n) is 5.03. The summed E-state index contributed by atoms with van der Waals surface area (Å²) in [4.78, 5) is 29.6. The molecular weight excluding hydrogens is 390 g/mol. The smallest absolute Gasteiger partial charge is 0.338 e. The molecule has 7 heteroatoms. The highest BCUT2D eigenvalue weighted by atomic mass is 35.5. The minimum atomic E-state index is -0.414. The Kier molecular flexibility index (Phi) is 7.12. The molecule has 1 heterocycles. The molecule has 6 nitrogen and oxygen atoms in total. The van der Waals surface area contributed by atoms with E-state index in [0.29, 0.717) is 28.4 Å². The average molecular weight is 416 g/mol. The largest absolute Gasteiger partial charge is 0.462 e. The summed E-state index contributed by atoms with van der Waals surface area (Å²) < 4.78 is 5.11. The molecule has 1 amide bonds. The fourth-order valence-electron chi connectivity index (χ4n) is 3.39. The van der Waals surface area contributed by atoms with Crippen molar-refractivity contribution in [2.45, 2.75) is 13.8 Å². The van der Waals surface area contributed by atoms with Gasteiger partial charge in [0.2, 0.25) is 0 Å². The fraction of sp³-hybridized carbons (Fsp3) is 0.364. The minimum absolute atomic E-state index is 0.293. The number of rotatable bonds is 6. The lowest BCUT2D eigenvalue weighted by molar-refractivity contribution is 0.0526. The second kappa shape index (κ2) is 9.76. The summed E-state index contributed by atoms with van der Waals surface area (Å²) in [5.74, 6) is -0.729. The fourth-order valence-corrected chi connectivity index (χ4v) is 3.61. The maximum atomic E-state index is 12.8. The van der Waals surface area contributed by atoms with Crippen LogP contribution in [-0.4, -0.2) is 56.1 Å². The van der Waals surface area contributed by atoms with E-state index in [9.17, 15) is 9.59 Å². The summed E-state index contributed by atoms with van der Waals surface area (Å²) in [7, 11) is 0. The van der Waals surface area contributed by atoms with Crippen molar-refractivity contribution >= 4 is 34.9 Å². The van der Waals surface area contributed by atoms with E-state index < -0.39 is 5.97 Å². The van der Waals surface area contributed by atoms with E-state index in [1.54, 1.807) is 43.3 Å². The van der Waals surface area contributed by atoms with Crippen LogP contribution in [0, 0.1) is 0 Å². The van der Waals surface area contributed by atoms with Crippen molar-refractivity contribution in [3.05, 3.63) is 58.6 Å². The Morgan fingerprint density at radius 3 is 2.45 bits per heavy atom. The summed E-state index contributed by atoms with van der Waals surface area (Å²) in [5, 5.41) is 3.32. The second-order valence-corrected chi connectivity index (χ2v) is 7.21. The average Bonchev–Trinajstić information content (AvgIpc) is 2.74. The normalized spacial score (nSPS) is 14.5. The number of amides is 1. The van der Waals surface area contributed by atoms with E-state index in [1.165, 1.54) is 0 Å². The van der Waals surface area contributed by atoms with E-state index in [0.717, 1.165) is 38.4 Å². The Hall–Kier alpha value is -2.57. The van der Waals surface area contributed by atoms with Crippen LogP contribution >= 0.6 is 11.6 Å². The SMILES string of the molecule is CCOC(=O)c1ccc(N2CCN(CC)CC2)c(NC(=O)c2ccccc2Cl)c1. The first-order valence-electron chi connectivity index (χ1n) is 9.87. The molecule has 2 aromatic carbocycles. The number of hydrogen-bond acceptors (Lipinski definition) is 5. The Morgan fingerprint density at radius 2 is 1.79 bits per heavy atom. The van der Waals surface area contributed by atoms with Gasteiger partial charge >= 0.3 is 5.97 Å². The molecule has 0 atom stereocenters. The number of piperazine rings is 1. The summed E-state index contributed by atoms with van der Waals surface area (Å²) in [6.45, 7) is 8.83. The molecule has 1 N–H and O–H groups in total. The molecule has 2 aromatic rings. The third kappa shape index (κ3) is 5.08. The molecule has 0 aromatic heterocycles. The lowest BCUT2D eigenvalue weighted by Gasteiger charge is -2.36. The number of ether oxygens (including phenoxy) is 1. The van der Waals surface area contributed by atoms with Crippen LogP contribution in [0.25, 0.3) is 0 Å². The van der Waals surface area contributed by atoms with Crippen molar-refractivity contribution in [1.82, 2.24) is 4.90 Å². The number of anilines is 2. The van der Waals surface area contributed by atoms with Crippen LogP contribution in [0.1, 0.15) is 34.6 Å². The summed E-state index contributed by atoms with van der Waals surface area (Å²) >= 11 is 6.18.